The summed E-state index contributed by atoms with van der Waals surface area (Å²) in [6.07, 6.45) is 39.5. The van der Waals surface area contributed by atoms with Gasteiger partial charge in [0.2, 0.25) is 17.7 Å². The fourth-order valence-corrected chi connectivity index (χ4v) is 6.19. The van der Waals surface area contributed by atoms with Crippen LogP contribution in [0.5, 0.6) is 0 Å². The number of imidazole rings is 3. The third-order valence-corrected chi connectivity index (χ3v) is 10.6. The Hall–Kier alpha value is -9.66. The molecule has 0 aliphatic carbocycles. The monoisotopic (exact) mass is 1140 g/mol. The number of nitrogens with zero attached hydrogens (tertiary/aromatic N) is 9. The van der Waals surface area contributed by atoms with Gasteiger partial charge in [0.15, 0.2) is 0 Å². The number of nitrogens with one attached hydrogen (secondary N) is 3. The molecule has 0 aromatic carbocycles. The van der Waals surface area contributed by atoms with Gasteiger partial charge < -0.3 is 43.9 Å². The van der Waals surface area contributed by atoms with E-state index in [1.807, 2.05) is 74.9 Å². The number of carbonyl (C=O) groups excluding carboxylic acids is 6. The number of hydrogen-bond acceptors (Lipinski definition) is 15. The number of rotatable bonds is 30. The van der Waals surface area contributed by atoms with Crippen LogP contribution in [0.1, 0.15) is 69.1 Å². The minimum atomic E-state index is -0.370. The first-order valence-electron chi connectivity index (χ1n) is 26.9. The van der Waals surface area contributed by atoms with E-state index in [-0.39, 0.29) is 35.6 Å². The highest BCUT2D eigenvalue weighted by molar-refractivity contribution is 5.92. The minimum absolute atomic E-state index is 0.0735. The molecule has 6 aromatic heterocycles. The molecule has 0 aliphatic heterocycles. The van der Waals surface area contributed by atoms with Crippen molar-refractivity contribution >= 4 is 35.6 Å². The van der Waals surface area contributed by atoms with Gasteiger partial charge in [-0.15, -0.1) is 0 Å². The van der Waals surface area contributed by atoms with Crippen molar-refractivity contribution in [3.05, 3.63) is 221 Å². The number of esters is 3. The van der Waals surface area contributed by atoms with Crippen molar-refractivity contribution in [1.29, 1.82) is 0 Å². The van der Waals surface area contributed by atoms with Gasteiger partial charge in [0.25, 0.3) is 0 Å². The van der Waals surface area contributed by atoms with Crippen LogP contribution in [0.15, 0.2) is 205 Å². The second-order valence-electron chi connectivity index (χ2n) is 17.5. The van der Waals surface area contributed by atoms with Crippen molar-refractivity contribution in [3.63, 3.8) is 0 Å². The maximum Gasteiger partial charge on any atom is 0.333 e. The van der Waals surface area contributed by atoms with Crippen molar-refractivity contribution in [2.45, 2.75) is 91.3 Å². The summed E-state index contributed by atoms with van der Waals surface area (Å²) in [6.45, 7) is 29.6. The summed E-state index contributed by atoms with van der Waals surface area (Å²) < 4.78 is 20.5. The zero-order chi connectivity index (χ0) is 61.0. The minimum Gasteiger partial charge on any atom is -0.463 e. The predicted octanol–water partition coefficient (Wildman–Crippen LogP) is 7.74. The largest absolute Gasteiger partial charge is 0.463 e. The Labute approximate surface area is 488 Å². The Balaban J connectivity index is 0.000000498. The summed E-state index contributed by atoms with van der Waals surface area (Å²) >= 11 is 0. The van der Waals surface area contributed by atoms with Crippen molar-refractivity contribution < 1.29 is 43.0 Å². The van der Waals surface area contributed by atoms with Gasteiger partial charge in [-0.05, 0) is 131 Å². The maximum atomic E-state index is 11.1. The molecule has 6 heterocycles. The van der Waals surface area contributed by atoms with E-state index in [1.165, 1.54) is 29.4 Å². The summed E-state index contributed by atoms with van der Waals surface area (Å²) in [7, 11) is 0. The molecule has 0 aliphatic rings. The Morgan fingerprint density at radius 2 is 0.880 bits per heavy atom. The molecule has 0 bridgehead atoms. The lowest BCUT2D eigenvalue weighted by molar-refractivity contribution is -0.139. The van der Waals surface area contributed by atoms with Crippen LogP contribution in [0.4, 0.5) is 0 Å². The second-order valence-corrected chi connectivity index (χ2v) is 17.5. The van der Waals surface area contributed by atoms with E-state index in [2.05, 4.69) is 85.3 Å². The fourth-order valence-electron chi connectivity index (χ4n) is 6.19. The lowest BCUT2D eigenvalue weighted by Gasteiger charge is -2.04. The highest BCUT2D eigenvalue weighted by Gasteiger charge is 2.03. The van der Waals surface area contributed by atoms with Crippen LogP contribution >= 0.6 is 0 Å². The molecule has 0 radical (unpaired) electrons. The van der Waals surface area contributed by atoms with Crippen molar-refractivity contribution in [2.24, 2.45) is 0 Å². The highest BCUT2D eigenvalue weighted by Crippen LogP contribution is 2.03. The topological polar surface area (TPSA) is 258 Å². The molecule has 0 atom stereocenters. The molecule has 0 spiro atoms. The normalized spacial score (nSPS) is 9.57. The third-order valence-electron chi connectivity index (χ3n) is 10.6. The van der Waals surface area contributed by atoms with Crippen LogP contribution in [0.25, 0.3) is 0 Å². The SMILES string of the molecule is C=C(C)C(=O)NCCCn1ccnc1.C=C(C)C(=O)OCCCc1cccnc1.C=CC(=O)NCCCc1ccncc1.C=CC(=O)NCCCn1ccnc1.C=CC(=O)OCCCc1ccncc1.C=CC(=O)OCCCn1ccnc1. The Bertz CT molecular complexity index is 2620. The molecule has 444 valence electrons. The summed E-state index contributed by atoms with van der Waals surface area (Å²) in [5.41, 5.74) is 4.59. The Morgan fingerprint density at radius 1 is 0.458 bits per heavy atom. The quantitative estimate of drug-likeness (QED) is 0.0169. The molecule has 0 unspecified atom stereocenters. The summed E-state index contributed by atoms with van der Waals surface area (Å²) in [5.74, 6) is -1.35. The van der Waals surface area contributed by atoms with E-state index in [9.17, 15) is 28.8 Å². The van der Waals surface area contributed by atoms with E-state index in [4.69, 9.17) is 14.2 Å². The smallest absolute Gasteiger partial charge is 0.333 e. The summed E-state index contributed by atoms with van der Waals surface area (Å²) in [4.78, 5) is 88.5. The predicted molar refractivity (Wildman–Crippen MR) is 321 cm³/mol. The molecule has 6 rings (SSSR count). The molecule has 0 saturated heterocycles. The number of aromatic nitrogens is 9. The fraction of sp³-hybridized carbons (Fsp3) is 0.323. The number of aryl methyl sites for hydroxylation is 6. The van der Waals surface area contributed by atoms with E-state index in [0.29, 0.717) is 50.6 Å². The average Bonchev–Trinajstić information content (AvgIpc) is 4.36. The van der Waals surface area contributed by atoms with Crippen molar-refractivity contribution in [2.75, 3.05) is 39.5 Å². The Kier molecular flexibility index (Phi) is 41.5. The van der Waals surface area contributed by atoms with E-state index < -0.39 is 0 Å². The van der Waals surface area contributed by atoms with Crippen molar-refractivity contribution in [3.8, 4) is 0 Å². The molecule has 3 amide bonds. The van der Waals surface area contributed by atoms with Crippen molar-refractivity contribution in [1.82, 2.24) is 59.6 Å². The van der Waals surface area contributed by atoms with Gasteiger partial charge >= 0.3 is 17.9 Å². The molecule has 83 heavy (non-hydrogen) atoms. The van der Waals surface area contributed by atoms with Crippen LogP contribution in [0, 0.1) is 0 Å². The highest BCUT2D eigenvalue weighted by atomic mass is 16.5. The van der Waals surface area contributed by atoms with Gasteiger partial charge in [-0.2, -0.15) is 0 Å². The van der Waals surface area contributed by atoms with E-state index in [0.717, 1.165) is 89.1 Å². The summed E-state index contributed by atoms with van der Waals surface area (Å²) in [5, 5.41) is 8.21. The molecule has 0 fully saturated rings. The molecule has 3 N–H and O–H groups in total. The number of carbonyl (C=O) groups is 6. The first kappa shape index (κ1) is 71.4. The first-order chi connectivity index (χ1) is 40.2. The summed E-state index contributed by atoms with van der Waals surface area (Å²) in [6, 6.07) is 11.8. The standard InChI is InChI=1S/C12H15NO2.C11H14N2O.C11H13NO2.C10H15N3O.C9H13N3O.C9H12N2O2/c1-10(2)12(14)15-8-4-6-11-5-3-7-13-9-11;1-2-11(14)13-7-3-4-10-5-8-12-9-6-10;1-2-11(13)14-9-3-4-10-5-7-12-8-6-10;1-9(2)10(14)12-4-3-6-13-7-5-11-8-13;1-2-9(13)11-4-3-6-12-7-5-10-8-12;1-2-9(12)13-7-3-5-11-6-4-10-8-11/h3,5,7,9H,1,4,6,8H2,2H3;2,5-6,8-9H,1,3-4,7H2,(H,13,14);2,5-8H,1,3-4,9H2;5,7-8H,1,3-4,6H2,2H3,(H,12,14);2,5,7-8H,1,3-4,6H2,(H,11,13);2,4,6,8H,1,3,5,7H2. The van der Waals surface area contributed by atoms with Crippen LogP contribution < -0.4 is 16.0 Å². The number of pyridine rings is 3. The molecule has 6 aromatic rings. The molecular formula is C62H82N12O9. The van der Waals surface area contributed by atoms with Crippen LogP contribution in [0.2, 0.25) is 0 Å². The van der Waals surface area contributed by atoms with Gasteiger partial charge in [0, 0.05) is 137 Å². The van der Waals surface area contributed by atoms with E-state index >= 15 is 0 Å². The third kappa shape index (κ3) is 41.1. The van der Waals surface area contributed by atoms with Gasteiger partial charge in [-0.1, -0.05) is 45.5 Å². The van der Waals surface area contributed by atoms with Gasteiger partial charge in [0.1, 0.15) is 0 Å². The van der Waals surface area contributed by atoms with Crippen LogP contribution in [0.3, 0.4) is 0 Å². The first-order valence-corrected chi connectivity index (χ1v) is 26.9. The lowest BCUT2D eigenvalue weighted by Crippen LogP contribution is -2.25. The van der Waals surface area contributed by atoms with Gasteiger partial charge in [-0.3, -0.25) is 29.3 Å². The average molecular weight is 1140 g/mol. The zero-order valence-corrected chi connectivity index (χ0v) is 48.1. The molecule has 21 nitrogen and oxygen atoms in total. The van der Waals surface area contributed by atoms with Crippen LogP contribution in [-0.4, -0.2) is 119 Å². The molecular weight excluding hydrogens is 1060 g/mol. The zero-order valence-electron chi connectivity index (χ0n) is 48.1. The molecule has 21 heteroatoms. The second kappa shape index (κ2) is 48.3. The molecule has 0 saturated carbocycles. The van der Waals surface area contributed by atoms with E-state index in [1.54, 1.807) is 82.4 Å². The maximum absolute atomic E-state index is 11.1. The van der Waals surface area contributed by atoms with Crippen LogP contribution in [-0.2, 0) is 81.9 Å². The lowest BCUT2D eigenvalue weighted by atomic mass is 10.1. The number of amides is 3. The number of hydrogen-bond donors (Lipinski definition) is 3. The van der Waals surface area contributed by atoms with Gasteiger partial charge in [-0.25, -0.2) is 29.3 Å². The van der Waals surface area contributed by atoms with Gasteiger partial charge in [0.05, 0.1) is 38.8 Å². The number of ether oxygens (including phenoxy) is 3. The Morgan fingerprint density at radius 3 is 1.29 bits per heavy atom.